The molecule has 0 spiro atoms. The zero-order valence-electron chi connectivity index (χ0n) is 35.8. The fourth-order valence-electron chi connectivity index (χ4n) is 7.48. The normalized spacial score (nSPS) is 20.6. The molecular formula is C44H82N2O10S. The Labute approximate surface area is 348 Å². The predicted octanol–water partition coefficient (Wildman–Crippen LogP) is 8.26. The highest BCUT2D eigenvalue weighted by Crippen LogP contribution is 2.29. The van der Waals surface area contributed by atoms with Crippen LogP contribution in [0.25, 0.3) is 0 Å². The molecule has 1 aliphatic heterocycles. The molecule has 0 unspecified atom stereocenters. The van der Waals surface area contributed by atoms with Crippen molar-refractivity contribution in [2.75, 3.05) is 5.75 Å². The van der Waals surface area contributed by atoms with Crippen molar-refractivity contribution in [1.29, 1.82) is 0 Å². The lowest BCUT2D eigenvalue weighted by atomic mass is 9.93. The second-order valence-corrected chi connectivity index (χ2v) is 17.6. The fourth-order valence-corrected chi connectivity index (χ4v) is 8.71. The van der Waals surface area contributed by atoms with E-state index in [1.54, 1.807) is 6.92 Å². The number of nitrogens with one attached hydrogen (secondary N) is 2. The van der Waals surface area contributed by atoms with E-state index in [2.05, 4.69) is 24.5 Å². The number of hydrogen-bond donors (Lipinski definition) is 7. The molecule has 0 radical (unpaired) electrons. The first-order valence-electron chi connectivity index (χ1n) is 22.8. The molecule has 0 saturated carbocycles. The van der Waals surface area contributed by atoms with Crippen LogP contribution in [0.5, 0.6) is 0 Å². The molecule has 0 aliphatic carbocycles. The molecule has 7 N–H and O–H groups in total. The zero-order valence-corrected chi connectivity index (χ0v) is 36.6. The lowest BCUT2D eigenvalue weighted by Crippen LogP contribution is -2.57. The lowest BCUT2D eigenvalue weighted by molar-refractivity contribution is -0.192. The topological polar surface area (TPSA) is 203 Å². The van der Waals surface area contributed by atoms with Gasteiger partial charge in [-0.15, -0.1) is 11.8 Å². The van der Waals surface area contributed by atoms with Crippen LogP contribution < -0.4 is 10.6 Å². The predicted molar refractivity (Wildman–Crippen MR) is 228 cm³/mol. The van der Waals surface area contributed by atoms with Crippen molar-refractivity contribution >= 4 is 35.5 Å². The Morgan fingerprint density at radius 1 is 0.544 bits per heavy atom. The van der Waals surface area contributed by atoms with Crippen molar-refractivity contribution < 1.29 is 49.4 Å². The number of aliphatic carboxylic acids is 2. The lowest BCUT2D eigenvalue weighted by Gasteiger charge is -2.39. The van der Waals surface area contributed by atoms with Crippen molar-refractivity contribution in [3.05, 3.63) is 0 Å². The third kappa shape index (κ3) is 25.3. The van der Waals surface area contributed by atoms with Gasteiger partial charge in [0.2, 0.25) is 11.8 Å². The van der Waals surface area contributed by atoms with E-state index in [-0.39, 0.29) is 24.0 Å². The summed E-state index contributed by atoms with van der Waals surface area (Å²) in [5.74, 6) is -4.14. The molecule has 7 atom stereocenters. The van der Waals surface area contributed by atoms with Gasteiger partial charge in [0.05, 0.1) is 6.10 Å². The standard InChI is InChI=1S/C44H82N2O10S/c1-4-6-8-10-12-14-16-18-20-22-24-26-28-34(29-27-25-23-21-19-17-15-13-11-9-7-5-2)41(52)46-36(42(53)45-35(43(54)55)30-31-37(47)48)32-57-44-40(51)39(50)38(49)33(3)56-44/h33-36,38-40,44,49-51H,4-32H2,1-3H3,(H,45,53)(H,46,52)(H,47,48)(H,54,55)/t33-,35-,36-,38+,39+,40-,44-/m0/s1. The number of rotatable bonds is 37. The van der Waals surface area contributed by atoms with Crippen LogP contribution in [0.3, 0.4) is 0 Å². The Hall–Kier alpha value is -1.93. The van der Waals surface area contributed by atoms with Crippen LogP contribution in [0.2, 0.25) is 0 Å². The van der Waals surface area contributed by atoms with Gasteiger partial charge >= 0.3 is 11.9 Å². The van der Waals surface area contributed by atoms with Gasteiger partial charge in [-0.3, -0.25) is 14.4 Å². The summed E-state index contributed by atoms with van der Waals surface area (Å²) in [7, 11) is 0. The number of thioether (sulfide) groups is 1. The average Bonchev–Trinajstić information content (AvgIpc) is 3.18. The number of amides is 2. The minimum Gasteiger partial charge on any atom is -0.481 e. The number of carboxylic acids is 2. The van der Waals surface area contributed by atoms with Gasteiger partial charge < -0.3 is 40.9 Å². The van der Waals surface area contributed by atoms with Crippen LogP contribution in [0.15, 0.2) is 0 Å². The smallest absolute Gasteiger partial charge is 0.326 e. The highest BCUT2D eigenvalue weighted by atomic mass is 32.2. The third-order valence-corrected chi connectivity index (χ3v) is 12.6. The first-order chi connectivity index (χ1) is 27.4. The highest BCUT2D eigenvalue weighted by molar-refractivity contribution is 7.99. The monoisotopic (exact) mass is 831 g/mol. The van der Waals surface area contributed by atoms with Crippen LogP contribution in [0, 0.1) is 5.92 Å². The molecule has 1 saturated heterocycles. The Kier molecular flexibility index (Phi) is 31.5. The van der Waals surface area contributed by atoms with Crippen molar-refractivity contribution in [2.45, 2.75) is 242 Å². The molecule has 13 heteroatoms. The van der Waals surface area contributed by atoms with Crippen LogP contribution in [0.4, 0.5) is 0 Å². The van der Waals surface area contributed by atoms with Gasteiger partial charge in [-0.2, -0.15) is 0 Å². The van der Waals surface area contributed by atoms with Gasteiger partial charge in [-0.25, -0.2) is 4.79 Å². The van der Waals surface area contributed by atoms with Gasteiger partial charge in [0.1, 0.15) is 35.8 Å². The molecule has 0 aromatic carbocycles. The van der Waals surface area contributed by atoms with Crippen molar-refractivity contribution in [2.24, 2.45) is 5.92 Å². The van der Waals surface area contributed by atoms with E-state index in [0.717, 1.165) is 50.3 Å². The minimum atomic E-state index is -1.48. The summed E-state index contributed by atoms with van der Waals surface area (Å²) < 4.78 is 5.70. The SMILES string of the molecule is CCCCCCCCCCCCCCC(CCCCCCCCCCCCCC)C(=O)N[C@@H](CS[C@@H]1O[C@@H](C)[C@@H](O)[C@@H](O)[C@@H]1O)C(=O)N[C@@H](CCC(=O)O)C(=O)O. The number of carboxylic acid groups (broad SMARTS) is 2. The summed E-state index contributed by atoms with van der Waals surface area (Å²) >= 11 is 0.973. The second-order valence-electron chi connectivity index (χ2n) is 16.5. The summed E-state index contributed by atoms with van der Waals surface area (Å²) in [4.78, 5) is 50.7. The Morgan fingerprint density at radius 3 is 1.35 bits per heavy atom. The van der Waals surface area contributed by atoms with E-state index in [0.29, 0.717) is 12.8 Å². The van der Waals surface area contributed by atoms with E-state index in [9.17, 15) is 39.6 Å². The minimum absolute atomic E-state index is 0.121. The number of ether oxygens (including phenoxy) is 1. The molecular weight excluding hydrogens is 749 g/mol. The molecule has 57 heavy (non-hydrogen) atoms. The van der Waals surface area contributed by atoms with E-state index in [1.165, 1.54) is 116 Å². The Morgan fingerprint density at radius 2 is 0.947 bits per heavy atom. The van der Waals surface area contributed by atoms with Crippen LogP contribution in [-0.2, 0) is 23.9 Å². The van der Waals surface area contributed by atoms with Crippen LogP contribution >= 0.6 is 11.8 Å². The summed E-state index contributed by atoms with van der Waals surface area (Å²) in [6.45, 7) is 6.02. The molecule has 12 nitrogen and oxygen atoms in total. The van der Waals surface area contributed by atoms with E-state index in [4.69, 9.17) is 9.84 Å². The average molecular weight is 831 g/mol. The molecule has 0 bridgehead atoms. The number of hydrogen-bond acceptors (Lipinski definition) is 9. The Bertz CT molecular complexity index is 1040. The van der Waals surface area contributed by atoms with Crippen molar-refractivity contribution in [3.8, 4) is 0 Å². The first-order valence-corrected chi connectivity index (χ1v) is 23.8. The van der Waals surface area contributed by atoms with Crippen LogP contribution in [0.1, 0.15) is 201 Å². The van der Waals surface area contributed by atoms with Gasteiger partial charge in [0.25, 0.3) is 0 Å². The number of carbonyl (C=O) groups is 4. The van der Waals surface area contributed by atoms with E-state index in [1.807, 2.05) is 0 Å². The molecule has 1 heterocycles. The fraction of sp³-hybridized carbons (Fsp3) is 0.909. The molecule has 0 aromatic heterocycles. The zero-order chi connectivity index (χ0) is 42.3. The molecule has 0 aromatic rings. The summed E-state index contributed by atoms with van der Waals surface area (Å²) in [5.41, 5.74) is -1.02. The quantitative estimate of drug-likeness (QED) is 0.0297. The summed E-state index contributed by atoms with van der Waals surface area (Å²) in [6, 6.07) is -2.71. The maximum absolute atomic E-state index is 14.0. The number of carbonyl (C=O) groups excluding carboxylic acids is 2. The highest BCUT2D eigenvalue weighted by Gasteiger charge is 2.42. The van der Waals surface area contributed by atoms with Crippen molar-refractivity contribution in [1.82, 2.24) is 10.6 Å². The largest absolute Gasteiger partial charge is 0.481 e. The molecule has 2 amide bonds. The molecule has 1 aliphatic rings. The Balaban J connectivity index is 2.89. The van der Waals surface area contributed by atoms with Gasteiger partial charge in [0, 0.05) is 18.1 Å². The van der Waals surface area contributed by atoms with Gasteiger partial charge in [-0.05, 0) is 26.2 Å². The van der Waals surface area contributed by atoms with Gasteiger partial charge in [-0.1, -0.05) is 168 Å². The molecule has 1 fully saturated rings. The van der Waals surface area contributed by atoms with E-state index < -0.39 is 66.2 Å². The van der Waals surface area contributed by atoms with Crippen LogP contribution in [-0.4, -0.2) is 97.0 Å². The third-order valence-electron chi connectivity index (χ3n) is 11.3. The second kappa shape index (κ2) is 33.9. The molecule has 1 rings (SSSR count). The first kappa shape index (κ1) is 53.1. The summed E-state index contributed by atoms with van der Waals surface area (Å²) in [5, 5.41) is 55.2. The maximum atomic E-state index is 14.0. The summed E-state index contributed by atoms with van der Waals surface area (Å²) in [6.07, 6.45) is 24.5. The number of aliphatic hydroxyl groups excluding tert-OH is 3. The van der Waals surface area contributed by atoms with E-state index >= 15 is 0 Å². The maximum Gasteiger partial charge on any atom is 0.326 e. The molecule has 334 valence electrons. The number of aliphatic hydroxyl groups is 3. The van der Waals surface area contributed by atoms with Gasteiger partial charge in [0.15, 0.2) is 0 Å². The number of unbranched alkanes of at least 4 members (excludes halogenated alkanes) is 22. The van der Waals surface area contributed by atoms with Crippen molar-refractivity contribution in [3.63, 3.8) is 0 Å².